The molecule has 0 amide bonds. The molecule has 7 N–H and O–H groups in total. The van der Waals surface area contributed by atoms with E-state index < -0.39 is 79.2 Å². The zero-order valence-corrected chi connectivity index (χ0v) is 15.8. The highest BCUT2D eigenvalue weighted by atomic mass is 16.8. The maximum absolute atomic E-state index is 12.1. The Morgan fingerprint density at radius 2 is 1.83 bits per heavy atom. The second-order valence-corrected chi connectivity index (χ2v) is 7.71. The van der Waals surface area contributed by atoms with Gasteiger partial charge in [0.25, 0.3) is 0 Å². The molecule has 2 fully saturated rings. The Morgan fingerprint density at radius 3 is 2.41 bits per heavy atom. The molecule has 0 spiro atoms. The number of hydrogen-bond acceptors (Lipinski definition) is 12. The van der Waals surface area contributed by atoms with Gasteiger partial charge in [-0.3, -0.25) is 0 Å². The first-order valence-electron chi connectivity index (χ1n) is 9.02. The van der Waals surface area contributed by atoms with Crippen molar-refractivity contribution in [2.75, 3.05) is 13.7 Å². The zero-order chi connectivity index (χ0) is 21.7. The highest BCUT2D eigenvalue weighted by Gasteiger charge is 2.67. The Hall–Kier alpha value is -1.35. The van der Waals surface area contributed by atoms with Gasteiger partial charge in [0.1, 0.15) is 35.6 Å². The van der Waals surface area contributed by atoms with Crippen LogP contribution in [0.15, 0.2) is 11.8 Å². The van der Waals surface area contributed by atoms with Gasteiger partial charge in [-0.15, -0.1) is 0 Å². The van der Waals surface area contributed by atoms with Crippen LogP contribution in [0, 0.1) is 5.92 Å². The van der Waals surface area contributed by atoms with Gasteiger partial charge >= 0.3 is 5.97 Å². The van der Waals surface area contributed by atoms with E-state index in [2.05, 4.69) is 4.74 Å². The molecule has 0 aromatic carbocycles. The third-order valence-corrected chi connectivity index (χ3v) is 5.90. The van der Waals surface area contributed by atoms with E-state index >= 15 is 0 Å². The predicted molar refractivity (Wildman–Crippen MR) is 89.5 cm³/mol. The van der Waals surface area contributed by atoms with Crippen LogP contribution in [-0.4, -0.2) is 110 Å². The number of aliphatic hydroxyl groups is 7. The molecule has 12 nitrogen and oxygen atoms in total. The molecule has 0 radical (unpaired) electrons. The minimum atomic E-state index is -2.09. The van der Waals surface area contributed by atoms with Crippen molar-refractivity contribution in [2.45, 2.75) is 67.6 Å². The molecule has 0 aromatic heterocycles. The number of carbonyl (C=O) groups excluding carboxylic acids is 1. The van der Waals surface area contributed by atoms with Gasteiger partial charge in [0.2, 0.25) is 6.29 Å². The van der Waals surface area contributed by atoms with Gasteiger partial charge in [-0.2, -0.15) is 0 Å². The molecule has 10 atom stereocenters. The van der Waals surface area contributed by atoms with E-state index in [1.54, 1.807) is 0 Å². The van der Waals surface area contributed by atoms with E-state index in [0.717, 1.165) is 13.4 Å². The van der Waals surface area contributed by atoms with Crippen molar-refractivity contribution in [3.8, 4) is 0 Å². The second kappa shape index (κ2) is 7.72. The lowest BCUT2D eigenvalue weighted by molar-refractivity contribution is -0.352. The lowest BCUT2D eigenvalue weighted by Crippen LogP contribution is -2.62. The summed E-state index contributed by atoms with van der Waals surface area (Å²) in [6.07, 6.45) is -10.5. The normalized spacial score (nSPS) is 49.8. The summed E-state index contributed by atoms with van der Waals surface area (Å²) in [7, 11) is 1.08. The third kappa shape index (κ3) is 3.44. The Bertz CT molecular complexity index is 663. The molecule has 3 aliphatic rings. The quantitative estimate of drug-likeness (QED) is 0.218. The largest absolute Gasteiger partial charge is 0.471 e. The Kier molecular flexibility index (Phi) is 5.95. The number of methoxy groups -OCH3 is 1. The number of rotatable bonds is 4. The smallest absolute Gasteiger partial charge is 0.339 e. The fourth-order valence-electron chi connectivity index (χ4n) is 4.17. The summed E-state index contributed by atoms with van der Waals surface area (Å²) in [5.74, 6) is -2.36. The van der Waals surface area contributed by atoms with E-state index in [9.17, 15) is 40.5 Å². The van der Waals surface area contributed by atoms with E-state index in [1.807, 2.05) is 0 Å². The van der Waals surface area contributed by atoms with Gasteiger partial charge < -0.3 is 54.7 Å². The van der Waals surface area contributed by atoms with Crippen molar-refractivity contribution >= 4 is 5.97 Å². The van der Waals surface area contributed by atoms with Crippen LogP contribution in [0.25, 0.3) is 0 Å². The first-order valence-corrected chi connectivity index (χ1v) is 9.02. The van der Waals surface area contributed by atoms with Crippen molar-refractivity contribution in [3.63, 3.8) is 0 Å². The molecule has 1 saturated carbocycles. The predicted octanol–water partition coefficient (Wildman–Crippen LogP) is -3.92. The highest BCUT2D eigenvalue weighted by molar-refractivity contribution is 5.91. The third-order valence-electron chi connectivity index (χ3n) is 5.90. The first kappa shape index (κ1) is 22.3. The van der Waals surface area contributed by atoms with Crippen LogP contribution in [-0.2, 0) is 23.7 Å². The zero-order valence-electron chi connectivity index (χ0n) is 15.8. The summed E-state index contributed by atoms with van der Waals surface area (Å²) in [6.45, 7) is 0.528. The fraction of sp³-hybridized carbons (Fsp3) is 0.824. The van der Waals surface area contributed by atoms with Crippen LogP contribution in [0.4, 0.5) is 0 Å². The van der Waals surface area contributed by atoms with Gasteiger partial charge in [-0.05, 0) is 6.92 Å². The van der Waals surface area contributed by atoms with Crippen LogP contribution in [0.2, 0.25) is 0 Å². The van der Waals surface area contributed by atoms with E-state index in [4.69, 9.17) is 14.2 Å². The van der Waals surface area contributed by atoms with Crippen molar-refractivity contribution in [1.82, 2.24) is 0 Å². The number of fused-ring (bicyclic) bond motifs is 1. The van der Waals surface area contributed by atoms with Crippen LogP contribution >= 0.6 is 0 Å². The molecule has 1 aliphatic carbocycles. The van der Waals surface area contributed by atoms with Crippen molar-refractivity contribution in [3.05, 3.63) is 11.8 Å². The average molecular weight is 422 g/mol. The molecular weight excluding hydrogens is 396 g/mol. The summed E-state index contributed by atoms with van der Waals surface area (Å²) < 4.78 is 20.7. The maximum atomic E-state index is 12.1. The number of carbonyl (C=O) groups is 1. The summed E-state index contributed by atoms with van der Waals surface area (Å²) in [4.78, 5) is 12.1. The van der Waals surface area contributed by atoms with Crippen molar-refractivity contribution in [2.24, 2.45) is 5.92 Å². The SMILES string of the molecule is COC(=O)C1=CO[C@@H](O[C@H]2O[C@H](CO)[C@@H](O)[C@H](O)[C@@H]2O)[C@@H]2[C@@](C)(O)[C@@H](O)C[C@]12O. The fourth-order valence-corrected chi connectivity index (χ4v) is 4.17. The second-order valence-electron chi connectivity index (χ2n) is 7.71. The monoisotopic (exact) mass is 422 g/mol. The lowest BCUT2D eigenvalue weighted by Gasteiger charge is -2.46. The molecular formula is C17H26O12. The lowest BCUT2D eigenvalue weighted by atomic mass is 9.77. The molecule has 0 aromatic rings. The van der Waals surface area contributed by atoms with Gasteiger partial charge in [-0.25, -0.2) is 4.79 Å². The van der Waals surface area contributed by atoms with Crippen molar-refractivity contribution in [1.29, 1.82) is 0 Å². The molecule has 0 unspecified atom stereocenters. The standard InChI is InChI=1S/C17H26O12/c1-16(24)8(19)3-17(25)6(13(23)26-2)5-27-15(12(16)17)29-14-11(22)10(21)9(20)7(4-18)28-14/h5,7-12,14-15,18-22,24-25H,3-4H2,1-2H3/t7-,8+,9-,10+,11+,12-,14-,15+,16+,17+/m1/s1. The number of hydrogen-bond donors (Lipinski definition) is 7. The number of aliphatic hydroxyl groups excluding tert-OH is 5. The summed E-state index contributed by atoms with van der Waals surface area (Å²) >= 11 is 0. The molecule has 0 bridgehead atoms. The molecule has 1 saturated heterocycles. The topological polar surface area (TPSA) is 196 Å². The van der Waals surface area contributed by atoms with Crippen LogP contribution in [0.5, 0.6) is 0 Å². The molecule has 2 heterocycles. The Balaban J connectivity index is 1.92. The van der Waals surface area contributed by atoms with Crippen LogP contribution < -0.4 is 0 Å². The summed E-state index contributed by atoms with van der Waals surface area (Å²) in [5.41, 5.74) is -4.41. The van der Waals surface area contributed by atoms with E-state index in [0.29, 0.717) is 0 Å². The van der Waals surface area contributed by atoms with Gasteiger partial charge in [0, 0.05) is 6.42 Å². The Morgan fingerprint density at radius 1 is 1.17 bits per heavy atom. The van der Waals surface area contributed by atoms with Crippen LogP contribution in [0.1, 0.15) is 13.3 Å². The average Bonchev–Trinajstić information content (AvgIpc) is 2.86. The molecule has 3 rings (SSSR count). The number of ether oxygens (including phenoxy) is 4. The first-order chi connectivity index (χ1) is 13.5. The molecule has 29 heavy (non-hydrogen) atoms. The number of esters is 1. The van der Waals surface area contributed by atoms with E-state index in [1.165, 1.54) is 6.92 Å². The van der Waals surface area contributed by atoms with Gasteiger partial charge in [0.05, 0.1) is 37.6 Å². The summed E-state index contributed by atoms with van der Waals surface area (Å²) in [6, 6.07) is 0. The molecule has 166 valence electrons. The van der Waals surface area contributed by atoms with Gasteiger partial charge in [0.15, 0.2) is 6.29 Å². The maximum Gasteiger partial charge on any atom is 0.339 e. The van der Waals surface area contributed by atoms with Crippen LogP contribution in [0.3, 0.4) is 0 Å². The van der Waals surface area contributed by atoms with E-state index in [-0.39, 0.29) is 5.57 Å². The minimum absolute atomic E-state index is 0.338. The summed E-state index contributed by atoms with van der Waals surface area (Å²) in [5, 5.41) is 71.4. The van der Waals surface area contributed by atoms with Crippen molar-refractivity contribution < 1.29 is 59.5 Å². The molecule has 2 aliphatic heterocycles. The minimum Gasteiger partial charge on any atom is -0.471 e. The highest BCUT2D eigenvalue weighted by Crippen LogP contribution is 2.52. The van der Waals surface area contributed by atoms with Gasteiger partial charge in [-0.1, -0.05) is 0 Å². The Labute approximate surface area is 165 Å². The molecule has 12 heteroatoms.